The van der Waals surface area contributed by atoms with E-state index in [0.29, 0.717) is 17.9 Å². The Kier molecular flexibility index (Phi) is 6.58. The Hall–Kier alpha value is -1.39. The van der Waals surface area contributed by atoms with Crippen LogP contribution in [0.2, 0.25) is 0 Å². The van der Waals surface area contributed by atoms with Gasteiger partial charge in [0.05, 0.1) is 19.8 Å². The SMILES string of the molecule is C=C(C)C[C@H](N)c1c(OC)cc(O)cc1OC.Cl. The Labute approximate surface area is 114 Å². The number of hydrogen-bond acceptors (Lipinski definition) is 4. The lowest BCUT2D eigenvalue weighted by Gasteiger charge is -2.19. The van der Waals surface area contributed by atoms with Gasteiger partial charge in [-0.15, -0.1) is 19.0 Å². The van der Waals surface area contributed by atoms with Crippen LogP contribution in [0.25, 0.3) is 0 Å². The second-order valence-corrected chi connectivity index (χ2v) is 4.03. The zero-order chi connectivity index (χ0) is 13.0. The fourth-order valence-electron chi connectivity index (χ4n) is 1.77. The summed E-state index contributed by atoms with van der Waals surface area (Å²) >= 11 is 0. The topological polar surface area (TPSA) is 64.7 Å². The molecule has 0 saturated carbocycles. The van der Waals surface area contributed by atoms with Crippen molar-refractivity contribution in [2.75, 3.05) is 14.2 Å². The van der Waals surface area contributed by atoms with Crippen molar-refractivity contribution in [2.45, 2.75) is 19.4 Å². The normalized spacial score (nSPS) is 11.3. The number of benzene rings is 1. The molecule has 0 bridgehead atoms. The highest BCUT2D eigenvalue weighted by Crippen LogP contribution is 2.38. The van der Waals surface area contributed by atoms with Crippen LogP contribution in [0, 0.1) is 0 Å². The van der Waals surface area contributed by atoms with Crippen LogP contribution in [0.15, 0.2) is 24.3 Å². The van der Waals surface area contributed by atoms with Gasteiger partial charge in [0.1, 0.15) is 17.2 Å². The van der Waals surface area contributed by atoms with Crippen molar-refractivity contribution in [2.24, 2.45) is 5.73 Å². The molecular weight excluding hydrogens is 254 g/mol. The molecule has 5 heteroatoms. The third-order valence-electron chi connectivity index (χ3n) is 2.47. The van der Waals surface area contributed by atoms with Crippen molar-refractivity contribution in [3.8, 4) is 17.2 Å². The summed E-state index contributed by atoms with van der Waals surface area (Å²) in [6.07, 6.45) is 0.636. The average molecular weight is 274 g/mol. The molecule has 102 valence electrons. The van der Waals surface area contributed by atoms with Crippen LogP contribution in [0.3, 0.4) is 0 Å². The van der Waals surface area contributed by atoms with Crippen LogP contribution >= 0.6 is 12.4 Å². The predicted octanol–water partition coefficient (Wildman–Crippen LogP) is 2.80. The number of halogens is 1. The van der Waals surface area contributed by atoms with E-state index >= 15 is 0 Å². The zero-order valence-electron chi connectivity index (χ0n) is 10.9. The van der Waals surface area contributed by atoms with E-state index < -0.39 is 0 Å². The molecule has 0 saturated heterocycles. The van der Waals surface area contributed by atoms with Crippen LogP contribution < -0.4 is 15.2 Å². The Morgan fingerprint density at radius 3 is 2.11 bits per heavy atom. The lowest BCUT2D eigenvalue weighted by molar-refractivity contribution is 0.370. The van der Waals surface area contributed by atoms with Gasteiger partial charge < -0.3 is 20.3 Å². The van der Waals surface area contributed by atoms with Gasteiger partial charge in [0, 0.05) is 18.2 Å². The molecule has 1 aromatic rings. The fourth-order valence-corrected chi connectivity index (χ4v) is 1.77. The molecule has 1 aromatic carbocycles. The maximum atomic E-state index is 9.53. The third-order valence-corrected chi connectivity index (χ3v) is 2.47. The lowest BCUT2D eigenvalue weighted by Crippen LogP contribution is -2.13. The summed E-state index contributed by atoms with van der Waals surface area (Å²) < 4.78 is 10.4. The second-order valence-electron chi connectivity index (χ2n) is 4.03. The first kappa shape index (κ1) is 16.6. The largest absolute Gasteiger partial charge is 0.508 e. The lowest BCUT2D eigenvalue weighted by atomic mass is 9.99. The highest BCUT2D eigenvalue weighted by atomic mass is 35.5. The van der Waals surface area contributed by atoms with E-state index in [1.54, 1.807) is 0 Å². The van der Waals surface area contributed by atoms with Crippen LogP contribution in [0.4, 0.5) is 0 Å². The number of ether oxygens (including phenoxy) is 2. The fraction of sp³-hybridized carbons (Fsp3) is 0.385. The van der Waals surface area contributed by atoms with E-state index in [-0.39, 0.29) is 24.2 Å². The molecule has 0 fully saturated rings. The van der Waals surface area contributed by atoms with E-state index in [9.17, 15) is 5.11 Å². The number of hydrogen-bond donors (Lipinski definition) is 2. The van der Waals surface area contributed by atoms with E-state index in [1.165, 1.54) is 26.4 Å². The second kappa shape index (κ2) is 7.13. The number of phenols is 1. The smallest absolute Gasteiger partial charge is 0.131 e. The molecule has 0 heterocycles. The van der Waals surface area contributed by atoms with Gasteiger partial charge in [-0.25, -0.2) is 0 Å². The van der Waals surface area contributed by atoms with Crippen LogP contribution in [0.1, 0.15) is 24.9 Å². The summed E-state index contributed by atoms with van der Waals surface area (Å²) in [6.45, 7) is 5.75. The number of nitrogens with two attached hydrogens (primary N) is 1. The van der Waals surface area contributed by atoms with E-state index in [4.69, 9.17) is 15.2 Å². The molecule has 0 aliphatic heterocycles. The number of methoxy groups -OCH3 is 2. The minimum atomic E-state index is -0.266. The van der Waals surface area contributed by atoms with Crippen molar-refractivity contribution >= 4 is 12.4 Å². The molecule has 0 aromatic heterocycles. The molecule has 0 amide bonds. The summed E-state index contributed by atoms with van der Waals surface area (Å²) in [5.41, 5.74) is 7.82. The monoisotopic (exact) mass is 273 g/mol. The summed E-state index contributed by atoms with van der Waals surface area (Å²) in [7, 11) is 3.07. The summed E-state index contributed by atoms with van der Waals surface area (Å²) in [6, 6.07) is 2.78. The summed E-state index contributed by atoms with van der Waals surface area (Å²) in [4.78, 5) is 0. The molecule has 0 spiro atoms. The molecule has 4 nitrogen and oxygen atoms in total. The highest BCUT2D eigenvalue weighted by Gasteiger charge is 2.19. The standard InChI is InChI=1S/C13H19NO3.ClH/c1-8(2)5-10(14)13-11(16-3)6-9(15)7-12(13)17-4;/h6-7,10,15H,1,5,14H2,2-4H3;1H/t10-;/m0./s1. The van der Waals surface area contributed by atoms with Gasteiger partial charge in [0.25, 0.3) is 0 Å². The first-order chi connectivity index (χ1) is 7.99. The molecule has 0 unspecified atom stereocenters. The van der Waals surface area contributed by atoms with E-state index in [2.05, 4.69) is 6.58 Å². The van der Waals surface area contributed by atoms with Crippen LogP contribution in [-0.2, 0) is 0 Å². The molecular formula is C13H20ClNO3. The van der Waals surface area contributed by atoms with Gasteiger partial charge in [-0.05, 0) is 13.3 Å². The van der Waals surface area contributed by atoms with Gasteiger partial charge in [-0.2, -0.15) is 0 Å². The van der Waals surface area contributed by atoms with Crippen molar-refractivity contribution in [1.29, 1.82) is 0 Å². The summed E-state index contributed by atoms with van der Waals surface area (Å²) in [5.74, 6) is 1.14. The van der Waals surface area contributed by atoms with Crippen molar-refractivity contribution in [3.63, 3.8) is 0 Å². The number of rotatable bonds is 5. The van der Waals surface area contributed by atoms with Crippen LogP contribution in [-0.4, -0.2) is 19.3 Å². The van der Waals surface area contributed by atoms with Gasteiger partial charge >= 0.3 is 0 Å². The van der Waals surface area contributed by atoms with Gasteiger partial charge in [0.2, 0.25) is 0 Å². The average Bonchev–Trinajstić information content (AvgIpc) is 2.26. The minimum absolute atomic E-state index is 0. The Morgan fingerprint density at radius 2 is 1.78 bits per heavy atom. The van der Waals surface area contributed by atoms with E-state index in [1.807, 2.05) is 6.92 Å². The molecule has 18 heavy (non-hydrogen) atoms. The van der Waals surface area contributed by atoms with Gasteiger partial charge in [-0.1, -0.05) is 5.57 Å². The third kappa shape index (κ3) is 3.82. The Bertz CT molecular complexity index is 396. The highest BCUT2D eigenvalue weighted by molar-refractivity contribution is 5.85. The number of aromatic hydroxyl groups is 1. The first-order valence-corrected chi connectivity index (χ1v) is 5.34. The number of phenolic OH excluding ortho intramolecular Hbond substituents is 1. The molecule has 0 aliphatic carbocycles. The van der Waals surface area contributed by atoms with Gasteiger partial charge in [-0.3, -0.25) is 0 Å². The van der Waals surface area contributed by atoms with Crippen LogP contribution in [0.5, 0.6) is 17.2 Å². The van der Waals surface area contributed by atoms with Crippen molar-refractivity contribution in [3.05, 3.63) is 29.8 Å². The quantitative estimate of drug-likeness (QED) is 0.810. The molecule has 1 atom stereocenters. The van der Waals surface area contributed by atoms with Crippen molar-refractivity contribution < 1.29 is 14.6 Å². The van der Waals surface area contributed by atoms with Gasteiger partial charge in [0.15, 0.2) is 0 Å². The first-order valence-electron chi connectivity index (χ1n) is 5.34. The molecule has 1 rings (SSSR count). The molecule has 0 radical (unpaired) electrons. The molecule has 3 N–H and O–H groups in total. The maximum Gasteiger partial charge on any atom is 0.131 e. The minimum Gasteiger partial charge on any atom is -0.508 e. The Morgan fingerprint density at radius 1 is 1.33 bits per heavy atom. The predicted molar refractivity (Wildman–Crippen MR) is 74.8 cm³/mol. The maximum absolute atomic E-state index is 9.53. The molecule has 0 aliphatic rings. The van der Waals surface area contributed by atoms with Crippen molar-refractivity contribution in [1.82, 2.24) is 0 Å². The zero-order valence-corrected chi connectivity index (χ0v) is 11.7. The Balaban J connectivity index is 0.00000289. The summed E-state index contributed by atoms with van der Waals surface area (Å²) in [5, 5.41) is 9.53. The van der Waals surface area contributed by atoms with E-state index in [0.717, 1.165) is 11.1 Å².